The Morgan fingerprint density at radius 3 is 2.72 bits per heavy atom. The number of anilines is 1. The highest BCUT2D eigenvalue weighted by Crippen LogP contribution is 2.25. The second-order valence-corrected chi connectivity index (χ2v) is 5.39. The van der Waals surface area contributed by atoms with Gasteiger partial charge in [0.15, 0.2) is 0 Å². The van der Waals surface area contributed by atoms with E-state index >= 15 is 0 Å². The van der Waals surface area contributed by atoms with E-state index in [4.69, 9.17) is 11.6 Å². The Hall–Kier alpha value is -1.06. The molecule has 1 aliphatic rings. The number of likely N-dealkylation sites (tertiary alicyclic amines) is 1. The van der Waals surface area contributed by atoms with Crippen LogP contribution >= 0.6 is 11.6 Å². The van der Waals surface area contributed by atoms with Gasteiger partial charge in [-0.3, -0.25) is 4.79 Å². The summed E-state index contributed by atoms with van der Waals surface area (Å²) in [5.41, 5.74) is 1.76. The summed E-state index contributed by atoms with van der Waals surface area (Å²) in [5.74, 6) is 0.244. The molecule has 0 saturated carbocycles. The van der Waals surface area contributed by atoms with Crippen LogP contribution in [0.4, 0.5) is 5.69 Å². The third-order valence-electron chi connectivity index (χ3n) is 3.61. The number of carbonyl (C=O) groups excluding carboxylic acids is 1. The fraction of sp³-hybridized carbons (Fsp3) is 0.500. The number of nitrogens with zero attached hydrogens (tertiary/aromatic N) is 1. The van der Waals surface area contributed by atoms with Gasteiger partial charge in [0.25, 0.3) is 0 Å². The van der Waals surface area contributed by atoms with Gasteiger partial charge in [-0.05, 0) is 57.6 Å². The second-order valence-electron chi connectivity index (χ2n) is 4.98. The zero-order chi connectivity index (χ0) is 13.1. The number of piperidine rings is 1. The minimum atomic E-state index is 0.119. The van der Waals surface area contributed by atoms with Gasteiger partial charge in [0, 0.05) is 16.6 Å². The number of carbonyl (C=O) groups is 1. The minimum Gasteiger partial charge on any atom is -0.326 e. The van der Waals surface area contributed by atoms with Crippen molar-refractivity contribution in [2.24, 2.45) is 5.92 Å². The number of rotatable bonds is 2. The number of nitrogens with one attached hydrogen (secondary N) is 1. The highest BCUT2D eigenvalue weighted by Gasteiger charge is 2.23. The average Bonchev–Trinajstić information content (AvgIpc) is 2.36. The summed E-state index contributed by atoms with van der Waals surface area (Å²) in [6.45, 7) is 3.91. The lowest BCUT2D eigenvalue weighted by Crippen LogP contribution is -2.36. The molecule has 1 fully saturated rings. The topological polar surface area (TPSA) is 32.3 Å². The smallest absolute Gasteiger partial charge is 0.227 e. The van der Waals surface area contributed by atoms with Gasteiger partial charge in [-0.15, -0.1) is 0 Å². The summed E-state index contributed by atoms with van der Waals surface area (Å²) in [5, 5.41) is 3.68. The quantitative estimate of drug-likeness (QED) is 0.893. The molecular weight excluding hydrogens is 248 g/mol. The van der Waals surface area contributed by atoms with Crippen molar-refractivity contribution in [2.75, 3.05) is 25.5 Å². The summed E-state index contributed by atoms with van der Waals surface area (Å²) >= 11 is 6.04. The number of hydrogen-bond acceptors (Lipinski definition) is 2. The third-order valence-corrected chi connectivity index (χ3v) is 4.02. The first kappa shape index (κ1) is 13.4. The molecule has 0 spiro atoms. The van der Waals surface area contributed by atoms with E-state index in [1.807, 2.05) is 25.1 Å². The molecule has 0 radical (unpaired) electrons. The van der Waals surface area contributed by atoms with Gasteiger partial charge >= 0.3 is 0 Å². The van der Waals surface area contributed by atoms with E-state index in [1.54, 1.807) is 0 Å². The molecule has 2 rings (SSSR count). The van der Waals surface area contributed by atoms with Crippen molar-refractivity contribution in [3.8, 4) is 0 Å². The number of hydrogen-bond donors (Lipinski definition) is 1. The van der Waals surface area contributed by atoms with E-state index < -0.39 is 0 Å². The van der Waals surface area contributed by atoms with E-state index in [-0.39, 0.29) is 11.8 Å². The summed E-state index contributed by atoms with van der Waals surface area (Å²) < 4.78 is 0. The SMILES string of the molecule is Cc1c(Cl)cccc1NC(=O)C1CCN(C)CC1. The molecule has 3 nitrogen and oxygen atoms in total. The molecule has 1 aliphatic heterocycles. The first-order valence-electron chi connectivity index (χ1n) is 6.32. The van der Waals surface area contributed by atoms with Crippen molar-refractivity contribution < 1.29 is 4.79 Å². The molecule has 0 aliphatic carbocycles. The third kappa shape index (κ3) is 3.03. The van der Waals surface area contributed by atoms with Gasteiger partial charge in [0.05, 0.1) is 0 Å². The molecule has 0 bridgehead atoms. The predicted octanol–water partition coefficient (Wildman–Crippen LogP) is 2.93. The Balaban J connectivity index is 2.01. The molecule has 1 heterocycles. The highest BCUT2D eigenvalue weighted by atomic mass is 35.5. The van der Waals surface area contributed by atoms with Crippen LogP contribution in [0.1, 0.15) is 18.4 Å². The minimum absolute atomic E-state index is 0.119. The lowest BCUT2D eigenvalue weighted by Gasteiger charge is -2.28. The summed E-state index contributed by atoms with van der Waals surface area (Å²) in [7, 11) is 2.09. The predicted molar refractivity (Wildman–Crippen MR) is 75.0 cm³/mol. The first-order chi connectivity index (χ1) is 8.58. The van der Waals surface area contributed by atoms with Gasteiger partial charge in [0.1, 0.15) is 0 Å². The van der Waals surface area contributed by atoms with Crippen molar-refractivity contribution in [1.82, 2.24) is 4.90 Å². The Labute approximate surface area is 113 Å². The Kier molecular flexibility index (Phi) is 4.25. The highest BCUT2D eigenvalue weighted by molar-refractivity contribution is 6.31. The summed E-state index contributed by atoms with van der Waals surface area (Å²) in [4.78, 5) is 14.4. The largest absolute Gasteiger partial charge is 0.326 e. The number of halogens is 1. The molecule has 1 amide bonds. The van der Waals surface area contributed by atoms with Gasteiger partial charge in [-0.25, -0.2) is 0 Å². The van der Waals surface area contributed by atoms with Crippen LogP contribution in [0.3, 0.4) is 0 Å². The van der Waals surface area contributed by atoms with E-state index in [2.05, 4.69) is 17.3 Å². The molecule has 1 aromatic rings. The number of benzene rings is 1. The molecule has 1 aromatic carbocycles. The van der Waals surface area contributed by atoms with Crippen LogP contribution in [0, 0.1) is 12.8 Å². The van der Waals surface area contributed by atoms with Crippen LogP contribution in [0.15, 0.2) is 18.2 Å². The van der Waals surface area contributed by atoms with Gasteiger partial charge in [-0.2, -0.15) is 0 Å². The van der Waals surface area contributed by atoms with E-state index in [0.717, 1.165) is 37.2 Å². The van der Waals surface area contributed by atoms with Crippen molar-refractivity contribution >= 4 is 23.2 Å². The van der Waals surface area contributed by atoms with Crippen LogP contribution in [-0.4, -0.2) is 30.9 Å². The lowest BCUT2D eigenvalue weighted by molar-refractivity contribution is -0.121. The first-order valence-corrected chi connectivity index (χ1v) is 6.70. The molecule has 0 unspecified atom stereocenters. The zero-order valence-electron chi connectivity index (χ0n) is 10.9. The van der Waals surface area contributed by atoms with Crippen molar-refractivity contribution in [1.29, 1.82) is 0 Å². The van der Waals surface area contributed by atoms with Crippen LogP contribution in [0.2, 0.25) is 5.02 Å². The molecular formula is C14H19ClN2O. The fourth-order valence-corrected chi connectivity index (χ4v) is 2.42. The normalized spacial score (nSPS) is 17.7. The van der Waals surface area contributed by atoms with Gasteiger partial charge in [0.2, 0.25) is 5.91 Å². The maximum atomic E-state index is 12.2. The molecule has 4 heteroatoms. The average molecular weight is 267 g/mol. The molecule has 1 saturated heterocycles. The molecule has 0 aromatic heterocycles. The summed E-state index contributed by atoms with van der Waals surface area (Å²) in [6, 6.07) is 5.59. The zero-order valence-corrected chi connectivity index (χ0v) is 11.6. The second kappa shape index (κ2) is 5.72. The fourth-order valence-electron chi connectivity index (χ4n) is 2.25. The summed E-state index contributed by atoms with van der Waals surface area (Å²) in [6.07, 6.45) is 1.86. The number of amides is 1. The van der Waals surface area contributed by atoms with E-state index in [9.17, 15) is 4.79 Å². The monoisotopic (exact) mass is 266 g/mol. The van der Waals surface area contributed by atoms with Crippen molar-refractivity contribution in [3.05, 3.63) is 28.8 Å². The standard InChI is InChI=1S/C14H19ClN2O/c1-10-12(15)4-3-5-13(10)16-14(18)11-6-8-17(2)9-7-11/h3-5,11H,6-9H2,1-2H3,(H,16,18). The van der Waals surface area contributed by atoms with Crippen LogP contribution in [0.25, 0.3) is 0 Å². The maximum absolute atomic E-state index is 12.2. The Morgan fingerprint density at radius 2 is 2.06 bits per heavy atom. The van der Waals surface area contributed by atoms with Crippen LogP contribution in [-0.2, 0) is 4.79 Å². The van der Waals surface area contributed by atoms with Gasteiger partial charge in [-0.1, -0.05) is 17.7 Å². The van der Waals surface area contributed by atoms with Crippen LogP contribution < -0.4 is 5.32 Å². The Morgan fingerprint density at radius 1 is 1.39 bits per heavy atom. The molecule has 98 valence electrons. The van der Waals surface area contributed by atoms with E-state index in [0.29, 0.717) is 5.02 Å². The van der Waals surface area contributed by atoms with Crippen molar-refractivity contribution in [2.45, 2.75) is 19.8 Å². The molecule has 1 N–H and O–H groups in total. The van der Waals surface area contributed by atoms with Crippen LogP contribution in [0.5, 0.6) is 0 Å². The Bertz CT molecular complexity index is 439. The van der Waals surface area contributed by atoms with Gasteiger partial charge < -0.3 is 10.2 Å². The maximum Gasteiger partial charge on any atom is 0.227 e. The van der Waals surface area contributed by atoms with E-state index in [1.165, 1.54) is 0 Å². The lowest BCUT2D eigenvalue weighted by atomic mass is 9.96. The van der Waals surface area contributed by atoms with Crippen molar-refractivity contribution in [3.63, 3.8) is 0 Å². The molecule has 18 heavy (non-hydrogen) atoms. The molecule has 0 atom stereocenters.